The highest BCUT2D eigenvalue weighted by molar-refractivity contribution is 5.70. The van der Waals surface area contributed by atoms with Gasteiger partial charge in [0.05, 0.1) is 23.9 Å². The van der Waals surface area contributed by atoms with Gasteiger partial charge in [-0.2, -0.15) is 5.26 Å². The molecular weight excluding hydrogens is 219 g/mol. The Labute approximate surface area is 97.8 Å². The van der Waals surface area contributed by atoms with Crippen molar-refractivity contribution in [2.45, 2.75) is 6.61 Å². The minimum absolute atomic E-state index is 0.164. The lowest BCUT2D eigenvalue weighted by atomic mass is 10.0. The molecule has 17 heavy (non-hydrogen) atoms. The van der Waals surface area contributed by atoms with Gasteiger partial charge < -0.3 is 5.11 Å². The number of aliphatic hydroxyl groups excluding tert-OH is 1. The highest BCUT2D eigenvalue weighted by Crippen LogP contribution is 2.25. The van der Waals surface area contributed by atoms with Crippen LogP contribution in [0.2, 0.25) is 0 Å². The van der Waals surface area contributed by atoms with Gasteiger partial charge in [-0.15, -0.1) is 0 Å². The average Bonchev–Trinajstić information content (AvgIpc) is 2.38. The third kappa shape index (κ3) is 2.14. The van der Waals surface area contributed by atoms with Gasteiger partial charge in [-0.1, -0.05) is 12.1 Å². The highest BCUT2D eigenvalue weighted by atomic mass is 19.1. The summed E-state index contributed by atoms with van der Waals surface area (Å²) in [4.78, 5) is 3.96. The van der Waals surface area contributed by atoms with Gasteiger partial charge in [-0.25, -0.2) is 4.39 Å². The Morgan fingerprint density at radius 3 is 2.71 bits per heavy atom. The molecule has 1 heterocycles. The maximum absolute atomic E-state index is 13.7. The predicted octanol–water partition coefficient (Wildman–Crippen LogP) is 2.25. The third-order valence-corrected chi connectivity index (χ3v) is 2.41. The van der Waals surface area contributed by atoms with E-state index in [0.29, 0.717) is 11.3 Å². The number of nitriles is 1. The molecule has 0 aliphatic rings. The van der Waals surface area contributed by atoms with Gasteiger partial charge in [0.15, 0.2) is 0 Å². The van der Waals surface area contributed by atoms with E-state index in [9.17, 15) is 4.39 Å². The van der Waals surface area contributed by atoms with Gasteiger partial charge in [0, 0.05) is 17.3 Å². The maximum atomic E-state index is 13.7. The van der Waals surface area contributed by atoms with Crippen LogP contribution in [0.25, 0.3) is 11.1 Å². The zero-order chi connectivity index (χ0) is 12.3. The Balaban J connectivity index is 2.56. The Kier molecular flexibility index (Phi) is 3.12. The van der Waals surface area contributed by atoms with E-state index in [0.717, 1.165) is 0 Å². The number of nitrogens with zero attached hydrogens (tertiary/aromatic N) is 2. The number of pyridine rings is 1. The van der Waals surface area contributed by atoms with Gasteiger partial charge >= 0.3 is 0 Å². The highest BCUT2D eigenvalue weighted by Gasteiger charge is 2.10. The lowest BCUT2D eigenvalue weighted by Gasteiger charge is -2.05. The van der Waals surface area contributed by atoms with Crippen molar-refractivity contribution in [1.82, 2.24) is 4.98 Å². The van der Waals surface area contributed by atoms with Crippen molar-refractivity contribution >= 4 is 0 Å². The molecule has 0 aliphatic carbocycles. The molecule has 84 valence electrons. The summed E-state index contributed by atoms with van der Waals surface area (Å²) in [6, 6.07) is 9.53. The zero-order valence-corrected chi connectivity index (χ0v) is 8.89. The Morgan fingerprint density at radius 1 is 1.29 bits per heavy atom. The van der Waals surface area contributed by atoms with Crippen LogP contribution in [-0.4, -0.2) is 10.1 Å². The normalized spacial score (nSPS) is 9.94. The minimum Gasteiger partial charge on any atom is -0.390 e. The molecule has 0 fully saturated rings. The molecule has 2 aromatic rings. The first-order chi connectivity index (χ1) is 8.26. The quantitative estimate of drug-likeness (QED) is 0.857. The van der Waals surface area contributed by atoms with Gasteiger partial charge in [-0.3, -0.25) is 4.98 Å². The molecule has 0 bridgehead atoms. The van der Waals surface area contributed by atoms with E-state index in [4.69, 9.17) is 10.4 Å². The number of rotatable bonds is 2. The summed E-state index contributed by atoms with van der Waals surface area (Å²) < 4.78 is 13.7. The lowest BCUT2D eigenvalue weighted by Crippen LogP contribution is -1.93. The van der Waals surface area contributed by atoms with Gasteiger partial charge in [0.2, 0.25) is 0 Å². The first-order valence-corrected chi connectivity index (χ1v) is 5.01. The minimum atomic E-state index is -0.456. The van der Waals surface area contributed by atoms with Crippen LogP contribution in [0.4, 0.5) is 4.39 Å². The fourth-order valence-corrected chi connectivity index (χ4v) is 1.58. The molecule has 4 heteroatoms. The predicted molar refractivity (Wildman–Crippen MR) is 60.3 cm³/mol. The van der Waals surface area contributed by atoms with Crippen molar-refractivity contribution in [3.63, 3.8) is 0 Å². The van der Waals surface area contributed by atoms with Crippen LogP contribution in [-0.2, 0) is 6.61 Å². The molecular formula is C13H9FN2O. The summed E-state index contributed by atoms with van der Waals surface area (Å²) in [7, 11) is 0. The standard InChI is InChI=1S/C13H9FN2O/c14-12-3-1-2-9(6-15)13(12)10-4-5-11(8-17)16-7-10/h1-5,7,17H,8H2. The molecule has 0 radical (unpaired) electrons. The maximum Gasteiger partial charge on any atom is 0.132 e. The first kappa shape index (κ1) is 11.2. The summed E-state index contributed by atoms with van der Waals surface area (Å²) in [5.41, 5.74) is 1.54. The Hall–Kier alpha value is -2.25. The molecule has 1 N–H and O–H groups in total. The summed E-state index contributed by atoms with van der Waals surface area (Å²) in [5.74, 6) is -0.456. The summed E-state index contributed by atoms with van der Waals surface area (Å²) in [5, 5.41) is 17.8. The van der Waals surface area contributed by atoms with Crippen LogP contribution >= 0.6 is 0 Å². The van der Waals surface area contributed by atoms with Gasteiger partial charge in [-0.05, 0) is 18.2 Å². The number of aromatic nitrogens is 1. The summed E-state index contributed by atoms with van der Waals surface area (Å²) in [6.45, 7) is -0.164. The van der Waals surface area contributed by atoms with Crippen LogP contribution < -0.4 is 0 Å². The number of benzene rings is 1. The smallest absolute Gasteiger partial charge is 0.132 e. The van der Waals surface area contributed by atoms with E-state index >= 15 is 0 Å². The van der Waals surface area contributed by atoms with Crippen molar-refractivity contribution in [1.29, 1.82) is 5.26 Å². The molecule has 0 amide bonds. The fraction of sp³-hybridized carbons (Fsp3) is 0.0769. The molecule has 0 saturated carbocycles. The average molecular weight is 228 g/mol. The molecule has 2 rings (SSSR count). The SMILES string of the molecule is N#Cc1cccc(F)c1-c1ccc(CO)nc1. The molecule has 1 aromatic carbocycles. The van der Waals surface area contributed by atoms with Crippen molar-refractivity contribution in [3.05, 3.63) is 53.6 Å². The second kappa shape index (κ2) is 4.73. The molecule has 0 saturated heterocycles. The van der Waals surface area contributed by atoms with Crippen LogP contribution in [0.3, 0.4) is 0 Å². The van der Waals surface area contributed by atoms with E-state index in [-0.39, 0.29) is 17.7 Å². The number of hydrogen-bond donors (Lipinski definition) is 1. The molecule has 0 unspecified atom stereocenters. The van der Waals surface area contributed by atoms with Gasteiger partial charge in [0.1, 0.15) is 5.82 Å². The van der Waals surface area contributed by atoms with Crippen LogP contribution in [0.15, 0.2) is 36.5 Å². The Morgan fingerprint density at radius 2 is 2.12 bits per heavy atom. The zero-order valence-electron chi connectivity index (χ0n) is 8.89. The molecule has 3 nitrogen and oxygen atoms in total. The summed E-state index contributed by atoms with van der Waals surface area (Å²) >= 11 is 0. The third-order valence-electron chi connectivity index (χ3n) is 2.41. The molecule has 0 spiro atoms. The van der Waals surface area contributed by atoms with Crippen molar-refractivity contribution in [3.8, 4) is 17.2 Å². The number of hydrogen-bond acceptors (Lipinski definition) is 3. The lowest BCUT2D eigenvalue weighted by molar-refractivity contribution is 0.277. The second-order valence-electron chi connectivity index (χ2n) is 3.47. The van der Waals surface area contributed by atoms with Crippen LogP contribution in [0, 0.1) is 17.1 Å². The fourth-order valence-electron chi connectivity index (χ4n) is 1.58. The second-order valence-corrected chi connectivity index (χ2v) is 3.47. The van der Waals surface area contributed by atoms with Gasteiger partial charge in [0.25, 0.3) is 0 Å². The van der Waals surface area contributed by atoms with Crippen LogP contribution in [0.1, 0.15) is 11.3 Å². The summed E-state index contributed by atoms with van der Waals surface area (Å²) in [6.07, 6.45) is 1.45. The largest absolute Gasteiger partial charge is 0.390 e. The molecule has 1 aromatic heterocycles. The van der Waals surface area contributed by atoms with Crippen molar-refractivity contribution in [2.24, 2.45) is 0 Å². The van der Waals surface area contributed by atoms with Crippen molar-refractivity contribution in [2.75, 3.05) is 0 Å². The first-order valence-electron chi connectivity index (χ1n) is 5.01. The van der Waals surface area contributed by atoms with Crippen LogP contribution in [0.5, 0.6) is 0 Å². The topological polar surface area (TPSA) is 56.9 Å². The van der Waals surface area contributed by atoms with E-state index in [2.05, 4.69) is 4.98 Å². The van der Waals surface area contributed by atoms with E-state index in [1.165, 1.54) is 18.3 Å². The molecule has 0 atom stereocenters. The van der Waals surface area contributed by atoms with E-state index in [1.807, 2.05) is 6.07 Å². The van der Waals surface area contributed by atoms with E-state index < -0.39 is 5.82 Å². The molecule has 0 aliphatic heterocycles. The number of aliphatic hydroxyl groups is 1. The number of halogens is 1. The van der Waals surface area contributed by atoms with E-state index in [1.54, 1.807) is 18.2 Å². The van der Waals surface area contributed by atoms with Crippen molar-refractivity contribution < 1.29 is 9.50 Å². The Bertz CT molecular complexity index is 573. The monoisotopic (exact) mass is 228 g/mol.